The average molecular weight is 777 g/mol. The molecule has 0 unspecified atom stereocenters. The fraction of sp³-hybridized carbons (Fsp3) is 0.111. The summed E-state index contributed by atoms with van der Waals surface area (Å²) in [6, 6.07) is 56.2. The van der Waals surface area contributed by atoms with Gasteiger partial charge in [-0.25, -0.2) is 0 Å². The molecule has 0 bridgehead atoms. The van der Waals surface area contributed by atoms with E-state index < -0.39 is 0 Å². The number of thiophene rings is 2. The number of hydrogen-bond acceptors (Lipinski definition) is 2. The first kappa shape index (κ1) is 35.5. The first-order valence-corrected chi connectivity index (χ1v) is 22.1. The van der Waals surface area contributed by atoms with Crippen LogP contribution in [0, 0.1) is 41.5 Å². The Labute approximate surface area is 350 Å². The fourth-order valence-corrected chi connectivity index (χ4v) is 12.8. The number of benzene rings is 8. The number of hydrogen-bond donors (Lipinski definition) is 0. The average Bonchev–Trinajstić information content (AvgIpc) is 3.78. The van der Waals surface area contributed by atoms with Crippen molar-refractivity contribution < 1.29 is 0 Å². The van der Waals surface area contributed by atoms with Gasteiger partial charge < -0.3 is 0 Å². The van der Waals surface area contributed by atoms with Crippen molar-refractivity contribution in [3.63, 3.8) is 0 Å². The lowest BCUT2D eigenvalue weighted by Gasteiger charge is -2.35. The van der Waals surface area contributed by atoms with Crippen LogP contribution in [0.25, 0.3) is 62.6 Å². The molecule has 0 spiro atoms. The van der Waals surface area contributed by atoms with E-state index in [9.17, 15) is 0 Å². The fourth-order valence-electron chi connectivity index (χ4n) is 10.6. The lowest BCUT2D eigenvalue weighted by Crippen LogP contribution is -2.76. The van der Waals surface area contributed by atoms with Crippen LogP contribution in [0.2, 0.25) is 0 Å². The highest BCUT2D eigenvalue weighted by molar-refractivity contribution is 7.26. The van der Waals surface area contributed by atoms with E-state index in [1.165, 1.54) is 129 Å². The monoisotopic (exact) mass is 776 g/mol. The van der Waals surface area contributed by atoms with Gasteiger partial charge in [0.2, 0.25) is 13.4 Å². The molecule has 3 heterocycles. The van der Waals surface area contributed by atoms with E-state index in [0.717, 1.165) is 0 Å². The Bertz CT molecular complexity index is 3060. The third-order valence-corrected chi connectivity index (χ3v) is 15.2. The van der Waals surface area contributed by atoms with Crippen molar-refractivity contribution in [2.45, 2.75) is 41.5 Å². The van der Waals surface area contributed by atoms with Crippen molar-refractivity contribution >= 4 is 109 Å². The van der Waals surface area contributed by atoms with Crippen molar-refractivity contribution in [3.8, 4) is 22.3 Å². The van der Waals surface area contributed by atoms with E-state index >= 15 is 0 Å². The van der Waals surface area contributed by atoms with E-state index in [4.69, 9.17) is 0 Å². The lowest BCUT2D eigenvalue weighted by molar-refractivity contribution is 1.35. The van der Waals surface area contributed by atoms with Gasteiger partial charge in [0.1, 0.15) is 0 Å². The van der Waals surface area contributed by atoms with E-state index in [1.54, 1.807) is 0 Å². The van der Waals surface area contributed by atoms with E-state index in [1.807, 2.05) is 22.7 Å². The Balaban J connectivity index is 1.18. The topological polar surface area (TPSA) is 0 Å². The zero-order valence-corrected chi connectivity index (χ0v) is 35.5. The second-order valence-corrected chi connectivity index (χ2v) is 19.0. The predicted octanol–water partition coefficient (Wildman–Crippen LogP) is 11.0. The molecule has 11 rings (SSSR count). The number of rotatable bonds is 4. The molecule has 58 heavy (non-hydrogen) atoms. The van der Waals surface area contributed by atoms with Gasteiger partial charge in [0.25, 0.3) is 0 Å². The van der Waals surface area contributed by atoms with Crippen LogP contribution in [0.15, 0.2) is 146 Å². The van der Waals surface area contributed by atoms with Gasteiger partial charge in [-0.05, 0) is 100 Å². The molecule has 0 atom stereocenters. The summed E-state index contributed by atoms with van der Waals surface area (Å²) in [5, 5.41) is 5.36. The molecule has 0 amide bonds. The first-order valence-electron chi connectivity index (χ1n) is 20.5. The Morgan fingerprint density at radius 2 is 0.655 bits per heavy atom. The molecule has 0 fully saturated rings. The summed E-state index contributed by atoms with van der Waals surface area (Å²) < 4.78 is 5.37. The van der Waals surface area contributed by atoms with E-state index in [2.05, 4.69) is 187 Å². The Morgan fingerprint density at radius 3 is 1.07 bits per heavy atom. The highest BCUT2D eigenvalue weighted by Crippen LogP contribution is 2.38. The SMILES string of the molecule is Cc1cc(C)c(B2c3ccc(-c4ccc5sc6ccccc6c5c4)cc3B(c3c(C)cc(C)cc3C)c3ccc(-c4ccc5sc6ccccc6c5c4)cc32)c(C)c1. The van der Waals surface area contributed by atoms with E-state index in [-0.39, 0.29) is 13.4 Å². The standard InChI is InChI=1S/C54H42B2S2/c1-31-23-33(3)53(34(4)24-31)55-45-19-15-40(38-18-22-52-44(28-38)42-12-8-10-14-50(42)58-52)30-48(45)56(54-35(5)25-32(2)26-36(54)6)46-20-16-39(29-47(46)55)37-17-21-51-43(27-37)41-11-7-9-13-49(41)57-51/h7-30H,1-6H3. The second kappa shape index (κ2) is 13.4. The quantitative estimate of drug-likeness (QED) is 0.156. The molecule has 4 heteroatoms. The summed E-state index contributed by atoms with van der Waals surface area (Å²) in [4.78, 5) is 0. The first-order chi connectivity index (χ1) is 28.2. The summed E-state index contributed by atoms with van der Waals surface area (Å²) in [6.45, 7) is 13.9. The third-order valence-electron chi connectivity index (χ3n) is 12.9. The van der Waals surface area contributed by atoms with Crippen molar-refractivity contribution in [2.75, 3.05) is 0 Å². The summed E-state index contributed by atoms with van der Waals surface area (Å²) in [5.74, 6) is 0. The smallest absolute Gasteiger partial charge is 0.135 e. The maximum atomic E-state index is 2.55. The summed E-state index contributed by atoms with van der Waals surface area (Å²) in [6.07, 6.45) is 0. The zero-order chi connectivity index (χ0) is 39.4. The maximum absolute atomic E-state index is 2.55. The Morgan fingerprint density at radius 1 is 0.310 bits per heavy atom. The van der Waals surface area contributed by atoms with Crippen LogP contribution in [0.1, 0.15) is 33.4 Å². The highest BCUT2D eigenvalue weighted by atomic mass is 32.1. The van der Waals surface area contributed by atoms with Crippen molar-refractivity contribution in [3.05, 3.63) is 179 Å². The molecule has 0 nitrogen and oxygen atoms in total. The van der Waals surface area contributed by atoms with Gasteiger partial charge in [-0.3, -0.25) is 0 Å². The van der Waals surface area contributed by atoms with Gasteiger partial charge >= 0.3 is 0 Å². The molecule has 8 aromatic carbocycles. The second-order valence-electron chi connectivity index (χ2n) is 16.8. The Hall–Kier alpha value is -5.67. The minimum atomic E-state index is 0.0934. The van der Waals surface area contributed by atoms with Gasteiger partial charge in [0.15, 0.2) is 0 Å². The van der Waals surface area contributed by atoms with Gasteiger partial charge in [-0.1, -0.05) is 175 Å². The molecule has 0 N–H and O–H groups in total. The van der Waals surface area contributed by atoms with Crippen molar-refractivity contribution in [2.24, 2.45) is 0 Å². The molecular formula is C54H42B2S2. The summed E-state index contributed by atoms with van der Waals surface area (Å²) >= 11 is 3.77. The predicted molar refractivity (Wildman–Crippen MR) is 260 cm³/mol. The van der Waals surface area contributed by atoms with Gasteiger partial charge in [-0.15, -0.1) is 22.7 Å². The van der Waals surface area contributed by atoms with Crippen LogP contribution in [0.4, 0.5) is 0 Å². The normalized spacial score (nSPS) is 12.6. The lowest BCUT2D eigenvalue weighted by atomic mass is 9.20. The minimum absolute atomic E-state index is 0.0934. The molecule has 0 aliphatic carbocycles. The summed E-state index contributed by atoms with van der Waals surface area (Å²) in [5.41, 5.74) is 21.7. The van der Waals surface area contributed by atoms with Crippen LogP contribution in [-0.2, 0) is 0 Å². The molecule has 1 aliphatic rings. The minimum Gasteiger partial charge on any atom is -0.135 e. The highest BCUT2D eigenvalue weighted by Gasteiger charge is 2.41. The van der Waals surface area contributed by atoms with Crippen molar-refractivity contribution in [1.29, 1.82) is 0 Å². The molecular weight excluding hydrogens is 734 g/mol. The summed E-state index contributed by atoms with van der Waals surface area (Å²) in [7, 11) is 0. The van der Waals surface area contributed by atoms with Gasteiger partial charge in [-0.2, -0.15) is 0 Å². The molecule has 0 saturated carbocycles. The van der Waals surface area contributed by atoms with Crippen LogP contribution < -0.4 is 32.8 Å². The van der Waals surface area contributed by atoms with Crippen LogP contribution in [0.3, 0.4) is 0 Å². The van der Waals surface area contributed by atoms with Crippen molar-refractivity contribution in [1.82, 2.24) is 0 Å². The van der Waals surface area contributed by atoms with Gasteiger partial charge in [0, 0.05) is 40.3 Å². The molecule has 0 radical (unpaired) electrons. The number of aryl methyl sites for hydroxylation is 6. The largest absolute Gasteiger partial charge is 0.240 e. The zero-order valence-electron chi connectivity index (χ0n) is 33.8. The van der Waals surface area contributed by atoms with Gasteiger partial charge in [0.05, 0.1) is 0 Å². The molecule has 276 valence electrons. The molecule has 10 aromatic rings. The van der Waals surface area contributed by atoms with Crippen LogP contribution in [0.5, 0.6) is 0 Å². The molecule has 2 aromatic heterocycles. The van der Waals surface area contributed by atoms with Crippen LogP contribution >= 0.6 is 22.7 Å². The molecule has 0 saturated heterocycles. The maximum Gasteiger partial charge on any atom is 0.240 e. The number of fused-ring (bicyclic) bond motifs is 8. The molecule has 1 aliphatic heterocycles. The van der Waals surface area contributed by atoms with Crippen LogP contribution in [-0.4, -0.2) is 13.4 Å². The Kier molecular flexibility index (Phi) is 8.23. The third kappa shape index (κ3) is 5.57. The van der Waals surface area contributed by atoms with E-state index in [0.29, 0.717) is 0 Å².